The standard InChI is InChI=1S/C12H24N2O10/c13-14-1-4(17)7(19)11(5(18)2-15)24-12-10(22)9(21)8(20)6(3-16)23-12/h4-6,8-12,14-18,20-22H,1-3,13H2/t4-,5+,6+,8+,9-,10+,11+,12+/m0/s1. The zero-order valence-corrected chi connectivity index (χ0v) is 12.7. The summed E-state index contributed by atoms with van der Waals surface area (Å²) in [5.41, 5.74) is 2.04. The maximum absolute atomic E-state index is 12.1. The van der Waals surface area contributed by atoms with E-state index in [-0.39, 0.29) is 6.54 Å². The highest BCUT2D eigenvalue weighted by molar-refractivity contribution is 5.88. The van der Waals surface area contributed by atoms with E-state index in [1.165, 1.54) is 0 Å². The van der Waals surface area contributed by atoms with Crippen molar-refractivity contribution in [2.75, 3.05) is 19.8 Å². The van der Waals surface area contributed by atoms with E-state index in [0.717, 1.165) is 0 Å². The molecule has 8 atom stereocenters. The van der Waals surface area contributed by atoms with E-state index in [2.05, 4.69) is 0 Å². The predicted octanol–water partition coefficient (Wildman–Crippen LogP) is -6.08. The maximum Gasteiger partial charge on any atom is 0.194 e. The Balaban J connectivity index is 2.90. The average molecular weight is 356 g/mol. The fraction of sp³-hybridized carbons (Fsp3) is 0.917. The summed E-state index contributed by atoms with van der Waals surface area (Å²) in [4.78, 5) is 12.1. The molecule has 0 aliphatic carbocycles. The molecule has 1 aliphatic rings. The Kier molecular flexibility index (Phi) is 8.55. The van der Waals surface area contributed by atoms with Gasteiger partial charge in [0.2, 0.25) is 0 Å². The zero-order valence-electron chi connectivity index (χ0n) is 12.7. The van der Waals surface area contributed by atoms with Crippen molar-refractivity contribution in [3.63, 3.8) is 0 Å². The summed E-state index contributed by atoms with van der Waals surface area (Å²) in [5, 5.41) is 66.6. The molecule has 1 heterocycles. The van der Waals surface area contributed by atoms with E-state index >= 15 is 0 Å². The Bertz CT molecular complexity index is 398. The van der Waals surface area contributed by atoms with Gasteiger partial charge in [0.25, 0.3) is 0 Å². The molecule has 0 aromatic rings. The minimum Gasteiger partial charge on any atom is -0.394 e. The molecular formula is C12H24N2O10. The molecule has 1 rings (SSSR count). The van der Waals surface area contributed by atoms with Gasteiger partial charge in [0.15, 0.2) is 12.1 Å². The van der Waals surface area contributed by atoms with Crippen molar-refractivity contribution in [1.29, 1.82) is 0 Å². The first kappa shape index (κ1) is 21.3. The zero-order chi connectivity index (χ0) is 18.4. The van der Waals surface area contributed by atoms with Crippen molar-refractivity contribution >= 4 is 5.78 Å². The number of hydrazine groups is 1. The second-order valence-electron chi connectivity index (χ2n) is 5.33. The highest BCUT2D eigenvalue weighted by atomic mass is 16.7. The largest absolute Gasteiger partial charge is 0.394 e. The van der Waals surface area contributed by atoms with Gasteiger partial charge in [-0.3, -0.25) is 16.1 Å². The molecule has 0 unspecified atom stereocenters. The van der Waals surface area contributed by atoms with Gasteiger partial charge in [-0.25, -0.2) is 0 Å². The monoisotopic (exact) mass is 356 g/mol. The van der Waals surface area contributed by atoms with Crippen molar-refractivity contribution in [2.24, 2.45) is 5.84 Å². The molecule has 0 saturated carbocycles. The van der Waals surface area contributed by atoms with Gasteiger partial charge in [0, 0.05) is 6.54 Å². The topological polar surface area (TPSA) is 215 Å². The van der Waals surface area contributed by atoms with E-state index in [1.807, 2.05) is 5.43 Å². The number of Topliss-reactive ketones (excluding diaryl/α,β-unsaturated/α-hetero) is 1. The number of nitrogens with two attached hydrogens (primary N) is 1. The molecule has 10 N–H and O–H groups in total. The van der Waals surface area contributed by atoms with E-state index in [1.54, 1.807) is 0 Å². The Labute approximate surface area is 137 Å². The quantitative estimate of drug-likeness (QED) is 0.139. The number of aliphatic hydroxyl groups excluding tert-OH is 7. The number of ether oxygens (including phenoxy) is 2. The average Bonchev–Trinajstić information content (AvgIpc) is 2.58. The van der Waals surface area contributed by atoms with Gasteiger partial charge in [-0.15, -0.1) is 0 Å². The normalized spacial score (nSPS) is 34.6. The first-order chi connectivity index (χ1) is 11.3. The molecular weight excluding hydrogens is 332 g/mol. The van der Waals surface area contributed by atoms with Gasteiger partial charge in [-0.1, -0.05) is 0 Å². The summed E-state index contributed by atoms with van der Waals surface area (Å²) in [6, 6.07) is 0. The smallest absolute Gasteiger partial charge is 0.194 e. The lowest BCUT2D eigenvalue weighted by Crippen LogP contribution is -2.61. The lowest BCUT2D eigenvalue weighted by Gasteiger charge is -2.41. The van der Waals surface area contributed by atoms with Crippen LogP contribution in [0.3, 0.4) is 0 Å². The molecule has 0 bridgehead atoms. The summed E-state index contributed by atoms with van der Waals surface area (Å²) in [6.07, 6.45) is -13.5. The summed E-state index contributed by atoms with van der Waals surface area (Å²) in [7, 11) is 0. The molecule has 12 nitrogen and oxygen atoms in total. The van der Waals surface area contributed by atoms with Crippen LogP contribution in [0.15, 0.2) is 0 Å². The molecule has 1 saturated heterocycles. The van der Waals surface area contributed by atoms with Crippen molar-refractivity contribution in [3.05, 3.63) is 0 Å². The third-order valence-corrected chi connectivity index (χ3v) is 3.59. The fourth-order valence-corrected chi connectivity index (χ4v) is 2.17. The van der Waals surface area contributed by atoms with Crippen LogP contribution in [0.5, 0.6) is 0 Å². The van der Waals surface area contributed by atoms with E-state index in [4.69, 9.17) is 25.5 Å². The molecule has 12 heteroatoms. The highest BCUT2D eigenvalue weighted by Gasteiger charge is 2.46. The predicted molar refractivity (Wildman–Crippen MR) is 74.9 cm³/mol. The molecule has 0 aromatic carbocycles. The summed E-state index contributed by atoms with van der Waals surface area (Å²) in [5.74, 6) is 3.92. The summed E-state index contributed by atoms with van der Waals surface area (Å²) < 4.78 is 10.1. The minimum atomic E-state index is -1.82. The highest BCUT2D eigenvalue weighted by Crippen LogP contribution is 2.24. The summed E-state index contributed by atoms with van der Waals surface area (Å²) >= 11 is 0. The second-order valence-corrected chi connectivity index (χ2v) is 5.33. The lowest BCUT2D eigenvalue weighted by atomic mass is 9.99. The maximum atomic E-state index is 12.1. The van der Waals surface area contributed by atoms with Crippen LogP contribution in [0.25, 0.3) is 0 Å². The third kappa shape index (κ3) is 4.87. The van der Waals surface area contributed by atoms with Crippen LogP contribution < -0.4 is 11.3 Å². The summed E-state index contributed by atoms with van der Waals surface area (Å²) in [6.45, 7) is -1.99. The van der Waals surface area contributed by atoms with Crippen LogP contribution in [-0.2, 0) is 14.3 Å². The van der Waals surface area contributed by atoms with E-state index in [9.17, 15) is 30.3 Å². The Morgan fingerprint density at radius 3 is 2.29 bits per heavy atom. The molecule has 1 aliphatic heterocycles. The van der Waals surface area contributed by atoms with Crippen LogP contribution in [0.4, 0.5) is 0 Å². The molecule has 24 heavy (non-hydrogen) atoms. The van der Waals surface area contributed by atoms with Gasteiger partial charge in [0.1, 0.15) is 42.7 Å². The van der Waals surface area contributed by atoms with Gasteiger partial charge in [0.05, 0.1) is 13.2 Å². The van der Waals surface area contributed by atoms with Crippen molar-refractivity contribution in [2.45, 2.75) is 49.0 Å². The van der Waals surface area contributed by atoms with Gasteiger partial charge >= 0.3 is 0 Å². The van der Waals surface area contributed by atoms with Crippen molar-refractivity contribution < 1.29 is 50.0 Å². The van der Waals surface area contributed by atoms with Gasteiger partial charge in [-0.05, 0) is 0 Å². The second kappa shape index (κ2) is 9.65. The number of aliphatic hydroxyl groups is 7. The number of carbonyl (C=O) groups is 1. The third-order valence-electron chi connectivity index (χ3n) is 3.59. The van der Waals surface area contributed by atoms with Crippen LogP contribution in [0.1, 0.15) is 0 Å². The van der Waals surface area contributed by atoms with Gasteiger partial charge < -0.3 is 45.2 Å². The molecule has 0 radical (unpaired) electrons. The number of hydrogen-bond donors (Lipinski definition) is 9. The Hall–Kier alpha value is -0.770. The Morgan fingerprint density at radius 2 is 1.79 bits per heavy atom. The van der Waals surface area contributed by atoms with Crippen LogP contribution >= 0.6 is 0 Å². The van der Waals surface area contributed by atoms with Crippen molar-refractivity contribution in [1.82, 2.24) is 5.43 Å². The first-order valence-corrected chi connectivity index (χ1v) is 7.18. The van der Waals surface area contributed by atoms with E-state index in [0.29, 0.717) is 0 Å². The molecule has 0 amide bonds. The van der Waals surface area contributed by atoms with Crippen LogP contribution in [0, 0.1) is 0 Å². The molecule has 1 fully saturated rings. The SMILES string of the molecule is NNC[C@H](O)C(=O)[C@H](O[C@H]1O[C@H](CO)[C@@H](O)[C@H](O)[C@H]1O)[C@H](O)CO. The van der Waals surface area contributed by atoms with E-state index < -0.39 is 68.0 Å². The number of ketones is 1. The molecule has 0 spiro atoms. The number of hydrogen-bond acceptors (Lipinski definition) is 12. The van der Waals surface area contributed by atoms with Gasteiger partial charge in [-0.2, -0.15) is 0 Å². The number of rotatable bonds is 9. The van der Waals surface area contributed by atoms with Crippen molar-refractivity contribution in [3.8, 4) is 0 Å². The fourth-order valence-electron chi connectivity index (χ4n) is 2.17. The number of nitrogens with one attached hydrogen (secondary N) is 1. The number of carbonyl (C=O) groups excluding carboxylic acids is 1. The molecule has 0 aromatic heterocycles. The van der Waals surface area contributed by atoms with Crippen LogP contribution in [-0.4, -0.2) is 110 Å². The Morgan fingerprint density at radius 1 is 1.17 bits per heavy atom. The minimum absolute atomic E-state index is 0.370. The molecule has 142 valence electrons. The van der Waals surface area contributed by atoms with Crippen LogP contribution in [0.2, 0.25) is 0 Å². The lowest BCUT2D eigenvalue weighted by molar-refractivity contribution is -0.314. The first-order valence-electron chi connectivity index (χ1n) is 7.18.